The molecule has 2 atom stereocenters. The molecule has 0 aromatic heterocycles. The molecule has 0 bridgehead atoms. The van der Waals surface area contributed by atoms with E-state index in [9.17, 15) is 9.59 Å². The summed E-state index contributed by atoms with van der Waals surface area (Å²) >= 11 is 6.11. The van der Waals surface area contributed by atoms with E-state index in [4.69, 9.17) is 16.3 Å². The Morgan fingerprint density at radius 3 is 2.52 bits per heavy atom. The van der Waals surface area contributed by atoms with Crippen LogP contribution in [0.5, 0.6) is 5.75 Å². The van der Waals surface area contributed by atoms with Gasteiger partial charge in [0, 0.05) is 12.6 Å². The van der Waals surface area contributed by atoms with E-state index in [0.717, 1.165) is 17.5 Å². The van der Waals surface area contributed by atoms with E-state index in [2.05, 4.69) is 5.32 Å². The lowest BCUT2D eigenvalue weighted by Gasteiger charge is -2.29. The predicted octanol–water partition coefficient (Wildman–Crippen LogP) is 4.36. The van der Waals surface area contributed by atoms with Gasteiger partial charge in [0.05, 0.1) is 5.02 Å². The van der Waals surface area contributed by atoms with Crippen LogP contribution in [0, 0.1) is 6.92 Å². The highest BCUT2D eigenvalue weighted by Crippen LogP contribution is 2.23. The maximum atomic E-state index is 13.0. The topological polar surface area (TPSA) is 58.6 Å². The third kappa shape index (κ3) is 6.79. The number of para-hydroxylation sites is 1. The molecule has 2 aromatic rings. The fourth-order valence-corrected chi connectivity index (χ4v) is 3.03. The standard InChI is InChI=1S/C23H29ClN2O3/c1-5-17(3)25-23(28)18(4)26(14-19-10-8-9-16(2)13-19)22(27)15-29-21-12-7-6-11-20(21)24/h6-13,17-18H,5,14-15H2,1-4H3,(H,25,28). The van der Waals surface area contributed by atoms with Crippen molar-refractivity contribution in [1.82, 2.24) is 10.2 Å². The van der Waals surface area contributed by atoms with Crippen molar-refractivity contribution in [2.75, 3.05) is 6.61 Å². The summed E-state index contributed by atoms with van der Waals surface area (Å²) in [5.74, 6) is -0.0222. The Morgan fingerprint density at radius 1 is 1.14 bits per heavy atom. The van der Waals surface area contributed by atoms with Crippen molar-refractivity contribution in [2.45, 2.75) is 52.7 Å². The second-order valence-corrected chi connectivity index (χ2v) is 7.63. The molecule has 0 aliphatic rings. The number of hydrogen-bond acceptors (Lipinski definition) is 3. The Kier molecular flexibility index (Phi) is 8.52. The third-order valence-electron chi connectivity index (χ3n) is 4.79. The molecule has 2 rings (SSSR count). The number of aryl methyl sites for hydroxylation is 1. The quantitative estimate of drug-likeness (QED) is 0.660. The first-order valence-corrected chi connectivity index (χ1v) is 10.2. The SMILES string of the molecule is CCC(C)NC(=O)C(C)N(Cc1cccc(C)c1)C(=O)COc1ccccc1Cl. The number of nitrogens with one attached hydrogen (secondary N) is 1. The number of ether oxygens (including phenoxy) is 1. The van der Waals surface area contributed by atoms with Crippen LogP contribution in [-0.2, 0) is 16.1 Å². The highest BCUT2D eigenvalue weighted by Gasteiger charge is 2.27. The third-order valence-corrected chi connectivity index (χ3v) is 5.10. The number of benzene rings is 2. The largest absolute Gasteiger partial charge is 0.482 e. The Morgan fingerprint density at radius 2 is 1.86 bits per heavy atom. The van der Waals surface area contributed by atoms with Gasteiger partial charge in [-0.1, -0.05) is 60.5 Å². The van der Waals surface area contributed by atoms with Gasteiger partial charge in [-0.2, -0.15) is 0 Å². The van der Waals surface area contributed by atoms with Crippen LogP contribution in [0.2, 0.25) is 5.02 Å². The molecule has 156 valence electrons. The van der Waals surface area contributed by atoms with E-state index < -0.39 is 6.04 Å². The lowest BCUT2D eigenvalue weighted by Crippen LogP contribution is -2.50. The first-order valence-electron chi connectivity index (χ1n) is 9.84. The molecule has 0 heterocycles. The van der Waals surface area contributed by atoms with Crippen LogP contribution in [0.1, 0.15) is 38.3 Å². The Balaban J connectivity index is 2.17. The zero-order chi connectivity index (χ0) is 21.4. The van der Waals surface area contributed by atoms with Gasteiger partial charge in [0.2, 0.25) is 5.91 Å². The number of rotatable bonds is 9. The molecule has 0 aliphatic heterocycles. The molecule has 0 saturated carbocycles. The smallest absolute Gasteiger partial charge is 0.261 e. The van der Waals surface area contributed by atoms with Gasteiger partial charge >= 0.3 is 0 Å². The molecular formula is C23H29ClN2O3. The summed E-state index contributed by atoms with van der Waals surface area (Å²) in [6, 6.07) is 14.3. The summed E-state index contributed by atoms with van der Waals surface area (Å²) in [6.45, 7) is 7.80. The fraction of sp³-hybridized carbons (Fsp3) is 0.391. The van der Waals surface area contributed by atoms with Gasteiger partial charge in [-0.3, -0.25) is 9.59 Å². The zero-order valence-corrected chi connectivity index (χ0v) is 18.2. The van der Waals surface area contributed by atoms with Crippen molar-refractivity contribution in [2.24, 2.45) is 0 Å². The van der Waals surface area contributed by atoms with E-state index >= 15 is 0 Å². The minimum Gasteiger partial charge on any atom is -0.482 e. The molecule has 0 fully saturated rings. The number of carbonyl (C=O) groups is 2. The molecule has 2 amide bonds. The Bertz CT molecular complexity index is 840. The van der Waals surface area contributed by atoms with Crippen LogP contribution in [0.4, 0.5) is 0 Å². The minimum absolute atomic E-state index is 0.0419. The molecule has 1 N–H and O–H groups in total. The summed E-state index contributed by atoms with van der Waals surface area (Å²) in [5, 5.41) is 3.39. The van der Waals surface area contributed by atoms with Crippen LogP contribution in [0.15, 0.2) is 48.5 Å². The molecule has 2 aromatic carbocycles. The summed E-state index contributed by atoms with van der Waals surface area (Å²) < 4.78 is 5.62. The average Bonchev–Trinajstić information content (AvgIpc) is 2.70. The van der Waals surface area contributed by atoms with E-state index in [1.54, 1.807) is 36.1 Å². The lowest BCUT2D eigenvalue weighted by molar-refractivity contribution is -0.142. The van der Waals surface area contributed by atoms with Crippen LogP contribution in [0.3, 0.4) is 0 Å². The number of nitrogens with zero attached hydrogens (tertiary/aromatic N) is 1. The van der Waals surface area contributed by atoms with E-state index in [-0.39, 0.29) is 24.5 Å². The molecule has 0 spiro atoms. The maximum absolute atomic E-state index is 13.0. The van der Waals surface area contributed by atoms with Gasteiger partial charge in [0.15, 0.2) is 6.61 Å². The van der Waals surface area contributed by atoms with E-state index in [0.29, 0.717) is 17.3 Å². The first-order chi connectivity index (χ1) is 13.8. The van der Waals surface area contributed by atoms with Gasteiger partial charge in [0.1, 0.15) is 11.8 Å². The second kappa shape index (κ2) is 10.9. The summed E-state index contributed by atoms with van der Waals surface area (Å²) in [4.78, 5) is 27.2. The maximum Gasteiger partial charge on any atom is 0.261 e. The van der Waals surface area contributed by atoms with Gasteiger partial charge < -0.3 is 15.0 Å². The monoisotopic (exact) mass is 416 g/mol. The Labute approximate surface area is 178 Å². The Hall–Kier alpha value is -2.53. The number of hydrogen-bond donors (Lipinski definition) is 1. The number of amides is 2. The fourth-order valence-electron chi connectivity index (χ4n) is 2.84. The van der Waals surface area contributed by atoms with Gasteiger partial charge in [-0.05, 0) is 44.9 Å². The van der Waals surface area contributed by atoms with Crippen LogP contribution < -0.4 is 10.1 Å². The van der Waals surface area contributed by atoms with E-state index in [1.807, 2.05) is 45.0 Å². The second-order valence-electron chi connectivity index (χ2n) is 7.22. The normalized spacial score (nSPS) is 12.7. The number of halogens is 1. The van der Waals surface area contributed by atoms with Crippen molar-refractivity contribution in [1.29, 1.82) is 0 Å². The summed E-state index contributed by atoms with van der Waals surface area (Å²) in [6.07, 6.45) is 0.819. The van der Waals surface area contributed by atoms with Gasteiger partial charge in [0.25, 0.3) is 5.91 Å². The summed E-state index contributed by atoms with van der Waals surface area (Å²) in [7, 11) is 0. The van der Waals surface area contributed by atoms with Crippen LogP contribution in [-0.4, -0.2) is 35.4 Å². The van der Waals surface area contributed by atoms with Crippen molar-refractivity contribution >= 4 is 23.4 Å². The molecule has 0 saturated heterocycles. The van der Waals surface area contributed by atoms with Crippen LogP contribution in [0.25, 0.3) is 0 Å². The van der Waals surface area contributed by atoms with E-state index in [1.165, 1.54) is 0 Å². The van der Waals surface area contributed by atoms with Gasteiger partial charge in [-0.25, -0.2) is 0 Å². The molecule has 29 heavy (non-hydrogen) atoms. The highest BCUT2D eigenvalue weighted by atomic mass is 35.5. The van der Waals surface area contributed by atoms with Crippen molar-refractivity contribution < 1.29 is 14.3 Å². The predicted molar refractivity (Wildman–Crippen MR) is 116 cm³/mol. The zero-order valence-electron chi connectivity index (χ0n) is 17.4. The van der Waals surface area contributed by atoms with Crippen molar-refractivity contribution in [3.8, 4) is 5.75 Å². The minimum atomic E-state index is -0.633. The molecule has 0 radical (unpaired) electrons. The van der Waals surface area contributed by atoms with Crippen molar-refractivity contribution in [3.63, 3.8) is 0 Å². The number of carbonyl (C=O) groups excluding carboxylic acids is 2. The molecule has 5 nitrogen and oxygen atoms in total. The molecular weight excluding hydrogens is 388 g/mol. The first kappa shape index (κ1) is 22.8. The van der Waals surface area contributed by atoms with Crippen LogP contribution >= 0.6 is 11.6 Å². The molecule has 0 aliphatic carbocycles. The average molecular weight is 417 g/mol. The lowest BCUT2D eigenvalue weighted by atomic mass is 10.1. The summed E-state index contributed by atoms with van der Waals surface area (Å²) in [5.41, 5.74) is 2.05. The molecule has 2 unspecified atom stereocenters. The van der Waals surface area contributed by atoms with Gasteiger partial charge in [-0.15, -0.1) is 0 Å². The highest BCUT2D eigenvalue weighted by molar-refractivity contribution is 6.32. The van der Waals surface area contributed by atoms with Crippen molar-refractivity contribution in [3.05, 3.63) is 64.7 Å². The molecule has 6 heteroatoms.